The Morgan fingerprint density at radius 3 is 2.56 bits per heavy atom. The molecule has 0 saturated carbocycles. The van der Waals surface area contributed by atoms with Crippen molar-refractivity contribution in [2.24, 2.45) is 0 Å². The van der Waals surface area contributed by atoms with Crippen LogP contribution in [0, 0.1) is 6.92 Å². The maximum atomic E-state index is 13.0. The lowest BCUT2D eigenvalue weighted by Crippen LogP contribution is -2.34. The van der Waals surface area contributed by atoms with Gasteiger partial charge in [0.05, 0.1) is 25.5 Å². The van der Waals surface area contributed by atoms with Gasteiger partial charge in [-0.1, -0.05) is 35.8 Å². The van der Waals surface area contributed by atoms with Gasteiger partial charge in [0.1, 0.15) is 17.0 Å². The Morgan fingerprint density at radius 2 is 1.86 bits per heavy atom. The van der Waals surface area contributed by atoms with E-state index in [0.717, 1.165) is 21.1 Å². The molecule has 36 heavy (non-hydrogen) atoms. The summed E-state index contributed by atoms with van der Waals surface area (Å²) >= 11 is 8.85. The zero-order valence-corrected chi connectivity index (χ0v) is 23.0. The molecule has 0 aliphatic carbocycles. The summed E-state index contributed by atoms with van der Waals surface area (Å²) in [6, 6.07) is 15.0. The number of anilines is 1. The Balaban J connectivity index is 1.58. The third-order valence-corrected chi connectivity index (χ3v) is 6.35. The molecular weight excluding hydrogens is 542 g/mol. The van der Waals surface area contributed by atoms with E-state index >= 15 is 0 Å². The predicted molar refractivity (Wildman–Crippen MR) is 149 cm³/mol. The van der Waals surface area contributed by atoms with E-state index in [1.165, 1.54) is 12.7 Å². The summed E-state index contributed by atoms with van der Waals surface area (Å²) in [7, 11) is 3.08. The molecule has 7 nitrogen and oxygen atoms in total. The molecule has 186 valence electrons. The van der Waals surface area contributed by atoms with E-state index in [4.69, 9.17) is 26.1 Å². The third kappa shape index (κ3) is 5.37. The Labute approximate surface area is 223 Å². The van der Waals surface area contributed by atoms with Crippen LogP contribution in [0.2, 0.25) is 0 Å². The lowest BCUT2D eigenvalue weighted by atomic mass is 10.0. The van der Waals surface area contributed by atoms with Crippen molar-refractivity contribution in [1.29, 1.82) is 0 Å². The minimum Gasteiger partial charge on any atom is -0.496 e. The number of hydrogen-bond donors (Lipinski definition) is 2. The first kappa shape index (κ1) is 25.7. The largest absolute Gasteiger partial charge is 0.496 e. The van der Waals surface area contributed by atoms with Gasteiger partial charge in [-0.3, -0.25) is 10.1 Å². The maximum Gasteiger partial charge on any atom is 0.261 e. The van der Waals surface area contributed by atoms with Crippen LogP contribution < -0.4 is 20.1 Å². The number of halogens is 1. The molecule has 0 radical (unpaired) electrons. The maximum absolute atomic E-state index is 13.0. The molecule has 1 amide bonds. The zero-order valence-electron chi connectivity index (χ0n) is 20.6. The van der Waals surface area contributed by atoms with E-state index in [2.05, 4.69) is 45.4 Å². The Bertz CT molecular complexity index is 1470. The van der Waals surface area contributed by atoms with Crippen molar-refractivity contribution in [2.75, 3.05) is 19.5 Å². The first-order chi connectivity index (χ1) is 17.2. The average Bonchev–Trinajstić information content (AvgIpc) is 3.27. The lowest BCUT2D eigenvalue weighted by molar-refractivity contribution is 0.0974. The number of thiocarbonyl (C=S) groups is 1. The first-order valence-corrected chi connectivity index (χ1v) is 12.5. The molecule has 0 aliphatic heterocycles. The summed E-state index contributed by atoms with van der Waals surface area (Å²) in [5, 5.41) is 5.86. The van der Waals surface area contributed by atoms with Crippen LogP contribution in [-0.2, 0) is 0 Å². The van der Waals surface area contributed by atoms with Crippen LogP contribution in [0.5, 0.6) is 11.5 Å². The van der Waals surface area contributed by atoms with Crippen LogP contribution in [0.4, 0.5) is 5.69 Å². The number of nitrogens with one attached hydrogen (secondary N) is 2. The molecule has 3 aromatic carbocycles. The number of benzene rings is 3. The monoisotopic (exact) mass is 567 g/mol. The smallest absolute Gasteiger partial charge is 0.261 e. The number of amides is 1. The summed E-state index contributed by atoms with van der Waals surface area (Å²) in [6.45, 7) is 6.14. The van der Waals surface area contributed by atoms with Crippen molar-refractivity contribution in [3.8, 4) is 23.0 Å². The van der Waals surface area contributed by atoms with Crippen LogP contribution in [0.25, 0.3) is 22.6 Å². The summed E-state index contributed by atoms with van der Waals surface area (Å²) in [6.07, 6.45) is 0. The predicted octanol–water partition coefficient (Wildman–Crippen LogP) is 6.83. The molecule has 4 rings (SSSR count). The number of rotatable bonds is 6. The first-order valence-electron chi connectivity index (χ1n) is 11.3. The van der Waals surface area contributed by atoms with Crippen LogP contribution in [0.15, 0.2) is 57.4 Å². The second-order valence-electron chi connectivity index (χ2n) is 8.53. The molecule has 9 heteroatoms. The van der Waals surface area contributed by atoms with Gasteiger partial charge >= 0.3 is 0 Å². The molecule has 0 bridgehead atoms. The molecule has 0 fully saturated rings. The van der Waals surface area contributed by atoms with Gasteiger partial charge in [-0.05, 0) is 78.7 Å². The van der Waals surface area contributed by atoms with Gasteiger partial charge in [0, 0.05) is 10.0 Å². The van der Waals surface area contributed by atoms with Crippen molar-refractivity contribution in [3.05, 3.63) is 69.7 Å². The zero-order chi connectivity index (χ0) is 26.0. The Hall–Kier alpha value is -3.43. The summed E-state index contributed by atoms with van der Waals surface area (Å²) in [4.78, 5) is 17.6. The van der Waals surface area contributed by atoms with Gasteiger partial charge < -0.3 is 19.2 Å². The average molecular weight is 568 g/mol. The van der Waals surface area contributed by atoms with E-state index in [9.17, 15) is 4.79 Å². The number of nitrogens with zero attached hydrogens (tertiary/aromatic N) is 1. The second-order valence-corrected chi connectivity index (χ2v) is 9.85. The van der Waals surface area contributed by atoms with E-state index in [-0.39, 0.29) is 5.11 Å². The fourth-order valence-corrected chi connectivity index (χ4v) is 4.63. The summed E-state index contributed by atoms with van der Waals surface area (Å²) in [5.41, 5.74) is 5.17. The van der Waals surface area contributed by atoms with Crippen molar-refractivity contribution in [3.63, 3.8) is 0 Å². The molecule has 0 spiro atoms. The van der Waals surface area contributed by atoms with Crippen LogP contribution in [-0.4, -0.2) is 30.2 Å². The van der Waals surface area contributed by atoms with Gasteiger partial charge in [-0.15, -0.1) is 0 Å². The Kier molecular flexibility index (Phi) is 7.61. The number of carbonyl (C=O) groups excluding carboxylic acids is 1. The minimum absolute atomic E-state index is 0.106. The van der Waals surface area contributed by atoms with Crippen LogP contribution in [0.3, 0.4) is 0 Å². The van der Waals surface area contributed by atoms with Gasteiger partial charge in [-0.2, -0.15) is 0 Å². The molecule has 0 atom stereocenters. The van der Waals surface area contributed by atoms with Gasteiger partial charge in [0.15, 0.2) is 10.7 Å². The number of aromatic nitrogens is 1. The minimum atomic E-state index is -0.399. The highest BCUT2D eigenvalue weighted by Crippen LogP contribution is 2.33. The summed E-state index contributed by atoms with van der Waals surface area (Å²) < 4.78 is 17.7. The Morgan fingerprint density at radius 1 is 1.08 bits per heavy atom. The van der Waals surface area contributed by atoms with Crippen molar-refractivity contribution < 1.29 is 18.7 Å². The third-order valence-electron chi connectivity index (χ3n) is 5.69. The summed E-state index contributed by atoms with van der Waals surface area (Å²) in [5.74, 6) is 1.49. The lowest BCUT2D eigenvalue weighted by Gasteiger charge is -2.15. The van der Waals surface area contributed by atoms with Crippen LogP contribution >= 0.6 is 28.1 Å². The highest BCUT2D eigenvalue weighted by molar-refractivity contribution is 9.10. The standard InChI is InChI=1S/C27H26BrN3O4S/c1-14(2)16-6-9-23-21(11-16)29-26(35-23)17-7-8-22(33-4)20(12-17)30-27(36)31-25(32)19-13-18(28)10-15(3)24(19)34-5/h6-14H,1-5H3,(H2,30,31,32,36). The van der Waals surface area contributed by atoms with E-state index < -0.39 is 5.91 Å². The highest BCUT2D eigenvalue weighted by Gasteiger charge is 2.18. The van der Waals surface area contributed by atoms with Crippen molar-refractivity contribution in [1.82, 2.24) is 10.3 Å². The van der Waals surface area contributed by atoms with E-state index in [0.29, 0.717) is 40.1 Å². The number of hydrogen-bond acceptors (Lipinski definition) is 6. The molecule has 1 aromatic heterocycles. The second kappa shape index (κ2) is 10.7. The number of aryl methyl sites for hydroxylation is 1. The number of fused-ring (bicyclic) bond motifs is 1. The molecule has 0 aliphatic rings. The fraction of sp³-hybridized carbons (Fsp3) is 0.222. The van der Waals surface area contributed by atoms with E-state index in [1.807, 2.05) is 43.3 Å². The molecule has 4 aromatic rings. The molecule has 1 heterocycles. The SMILES string of the molecule is COc1ccc(-c2nc3cc(C(C)C)ccc3o2)cc1NC(=S)NC(=O)c1cc(Br)cc(C)c1OC. The van der Waals surface area contributed by atoms with Gasteiger partial charge in [0.25, 0.3) is 5.91 Å². The number of methoxy groups -OCH3 is 2. The quantitative estimate of drug-likeness (QED) is 0.247. The van der Waals surface area contributed by atoms with E-state index in [1.54, 1.807) is 19.2 Å². The fourth-order valence-electron chi connectivity index (χ4n) is 3.86. The van der Waals surface area contributed by atoms with Gasteiger partial charge in [0.2, 0.25) is 5.89 Å². The highest BCUT2D eigenvalue weighted by atomic mass is 79.9. The number of oxazole rings is 1. The van der Waals surface area contributed by atoms with Crippen molar-refractivity contribution >= 4 is 56.0 Å². The topological polar surface area (TPSA) is 85.6 Å². The van der Waals surface area contributed by atoms with Crippen molar-refractivity contribution in [2.45, 2.75) is 26.7 Å². The number of ether oxygens (including phenoxy) is 2. The molecule has 2 N–H and O–H groups in total. The van der Waals surface area contributed by atoms with Gasteiger partial charge in [-0.25, -0.2) is 4.98 Å². The van der Waals surface area contributed by atoms with Crippen LogP contribution in [0.1, 0.15) is 41.3 Å². The molecule has 0 unspecified atom stereocenters. The molecular formula is C27H26BrN3O4S. The molecule has 0 saturated heterocycles. The normalized spacial score (nSPS) is 11.0. The number of carbonyl (C=O) groups is 1.